The molecule has 5 rings (SSSR count). The predicted octanol–water partition coefficient (Wildman–Crippen LogP) is 5.42. The highest BCUT2D eigenvalue weighted by atomic mass is 79.9. The number of aldehydes is 1. The molecule has 2 aromatic heterocycles. The number of likely N-dealkylation sites (tertiary alicyclic amines) is 1. The number of rotatable bonds is 12. The van der Waals surface area contributed by atoms with Crippen molar-refractivity contribution < 1.29 is 4.79 Å². The molecule has 0 radical (unpaired) electrons. The summed E-state index contributed by atoms with van der Waals surface area (Å²) >= 11 is 3.69. The molecule has 0 unspecified atom stereocenters. The summed E-state index contributed by atoms with van der Waals surface area (Å²) in [4.78, 5) is 31.3. The van der Waals surface area contributed by atoms with Crippen molar-refractivity contribution in [3.05, 3.63) is 70.8 Å². The zero-order valence-corrected chi connectivity index (χ0v) is 24.9. The monoisotopic (exact) mass is 603 g/mol. The van der Waals surface area contributed by atoms with Crippen molar-refractivity contribution in [1.82, 2.24) is 24.8 Å². The lowest BCUT2D eigenvalue weighted by molar-refractivity contribution is -0.106. The van der Waals surface area contributed by atoms with Gasteiger partial charge in [-0.1, -0.05) is 37.3 Å². The summed E-state index contributed by atoms with van der Waals surface area (Å²) in [6.45, 7) is 8.39. The average molecular weight is 605 g/mol. The fourth-order valence-electron chi connectivity index (χ4n) is 5.31. The molecule has 40 heavy (non-hydrogen) atoms. The first-order valence-corrected chi connectivity index (χ1v) is 14.9. The van der Waals surface area contributed by atoms with E-state index in [4.69, 9.17) is 4.98 Å². The van der Waals surface area contributed by atoms with Gasteiger partial charge >= 0.3 is 0 Å². The molecular formula is C31H38BrN7O. The van der Waals surface area contributed by atoms with Gasteiger partial charge in [-0.2, -0.15) is 0 Å². The molecule has 4 aromatic rings. The van der Waals surface area contributed by atoms with Crippen LogP contribution in [0, 0.1) is 0 Å². The maximum absolute atomic E-state index is 11.5. The molecular weight excluding hydrogens is 566 g/mol. The van der Waals surface area contributed by atoms with Crippen LogP contribution in [0.2, 0.25) is 0 Å². The molecule has 1 fully saturated rings. The van der Waals surface area contributed by atoms with Crippen LogP contribution in [-0.2, 0) is 11.3 Å². The van der Waals surface area contributed by atoms with Crippen LogP contribution in [0.1, 0.15) is 25.3 Å². The van der Waals surface area contributed by atoms with E-state index in [1.807, 2.05) is 12.3 Å². The highest BCUT2D eigenvalue weighted by Crippen LogP contribution is 2.32. The molecule has 0 amide bonds. The maximum atomic E-state index is 11.5. The van der Waals surface area contributed by atoms with E-state index in [1.54, 1.807) is 0 Å². The highest BCUT2D eigenvalue weighted by molar-refractivity contribution is 9.10. The molecule has 1 saturated heterocycles. The van der Waals surface area contributed by atoms with Gasteiger partial charge in [-0.05, 0) is 72.2 Å². The molecule has 0 atom stereocenters. The third-order valence-electron chi connectivity index (χ3n) is 7.70. The van der Waals surface area contributed by atoms with E-state index >= 15 is 0 Å². The number of nitrogens with one attached hydrogen (secondary N) is 2. The van der Waals surface area contributed by atoms with Crippen LogP contribution < -0.4 is 10.2 Å². The summed E-state index contributed by atoms with van der Waals surface area (Å²) < 4.78 is 0.924. The number of likely N-dealkylation sites (N-methyl/N-ethyl adjacent to an activating group) is 1. The Bertz CT molecular complexity index is 1380. The largest absolute Gasteiger partial charge is 0.379 e. The number of hydrogen-bond donors (Lipinski definition) is 2. The second-order valence-corrected chi connectivity index (χ2v) is 11.4. The number of fused-ring (bicyclic) bond motifs is 1. The number of pyridine rings is 1. The number of hydrogen-bond acceptors (Lipinski definition) is 7. The molecule has 2 N–H and O–H groups in total. The van der Waals surface area contributed by atoms with E-state index in [-0.39, 0.29) is 0 Å². The van der Waals surface area contributed by atoms with Crippen molar-refractivity contribution in [2.45, 2.75) is 32.4 Å². The first-order valence-electron chi connectivity index (χ1n) is 14.1. The number of imidazole rings is 1. The van der Waals surface area contributed by atoms with Gasteiger partial charge in [0, 0.05) is 56.2 Å². The number of benzene rings is 2. The van der Waals surface area contributed by atoms with Gasteiger partial charge in [0.1, 0.15) is 17.6 Å². The van der Waals surface area contributed by atoms with E-state index in [2.05, 4.69) is 108 Å². The number of H-pyrrole nitrogens is 1. The van der Waals surface area contributed by atoms with Gasteiger partial charge in [0.15, 0.2) is 5.65 Å². The van der Waals surface area contributed by atoms with Crippen LogP contribution >= 0.6 is 15.9 Å². The SMILES string of the molecule is CCN1CCC(Nc2c(Br)cnc3[nH]c(-c4ccc(N(CC=O)CCN(C)Cc5ccccc5)cc4)nc23)CC1. The summed E-state index contributed by atoms with van der Waals surface area (Å²) in [7, 11) is 2.11. The quantitative estimate of drug-likeness (QED) is 0.209. The van der Waals surface area contributed by atoms with Crippen molar-refractivity contribution in [3.8, 4) is 11.4 Å². The first kappa shape index (κ1) is 28.3. The predicted molar refractivity (Wildman–Crippen MR) is 167 cm³/mol. The van der Waals surface area contributed by atoms with Gasteiger partial charge in [-0.15, -0.1) is 0 Å². The molecule has 9 heteroatoms. The Morgan fingerprint density at radius 2 is 1.85 bits per heavy atom. The zero-order valence-electron chi connectivity index (χ0n) is 23.3. The number of piperidine rings is 1. The van der Waals surface area contributed by atoms with E-state index in [0.717, 1.165) is 96.8 Å². The molecule has 210 valence electrons. The molecule has 2 aromatic carbocycles. The number of carbonyl (C=O) groups excluding carboxylic acids is 1. The van der Waals surface area contributed by atoms with Crippen LogP contribution in [0.15, 0.2) is 65.3 Å². The number of aromatic nitrogens is 3. The van der Waals surface area contributed by atoms with Gasteiger partial charge in [-0.3, -0.25) is 0 Å². The minimum atomic E-state index is 0.354. The van der Waals surface area contributed by atoms with E-state index in [0.29, 0.717) is 12.6 Å². The summed E-state index contributed by atoms with van der Waals surface area (Å²) in [6.07, 6.45) is 5.03. The molecule has 3 heterocycles. The fraction of sp³-hybridized carbons (Fsp3) is 0.387. The van der Waals surface area contributed by atoms with Crippen molar-refractivity contribution in [1.29, 1.82) is 0 Å². The minimum Gasteiger partial charge on any atom is -0.379 e. The Morgan fingerprint density at radius 1 is 1.10 bits per heavy atom. The Hall–Kier alpha value is -3.27. The lowest BCUT2D eigenvalue weighted by Gasteiger charge is -2.32. The zero-order chi connectivity index (χ0) is 27.9. The highest BCUT2D eigenvalue weighted by Gasteiger charge is 2.21. The first-order chi connectivity index (χ1) is 19.5. The normalized spacial score (nSPS) is 14.6. The lowest BCUT2D eigenvalue weighted by atomic mass is 10.0. The second-order valence-electron chi connectivity index (χ2n) is 10.5. The van der Waals surface area contributed by atoms with Crippen LogP contribution in [0.4, 0.5) is 11.4 Å². The van der Waals surface area contributed by atoms with Gasteiger partial charge in [0.2, 0.25) is 0 Å². The molecule has 0 saturated carbocycles. The number of carbonyl (C=O) groups is 1. The standard InChI is InChI=1S/C31H38BrN7O/c1-3-38-15-13-25(14-16-38)34-28-27(32)21-33-31-29(28)35-30(36-31)24-9-11-26(12-10-24)39(19-20-40)18-17-37(2)22-23-7-5-4-6-8-23/h4-12,20-21,25H,3,13-19,22H2,1-2H3,(H2,33,34,35,36). The molecule has 1 aliphatic heterocycles. The second kappa shape index (κ2) is 13.4. The molecule has 1 aliphatic rings. The maximum Gasteiger partial charge on any atom is 0.159 e. The Labute approximate surface area is 244 Å². The lowest BCUT2D eigenvalue weighted by Crippen LogP contribution is -2.38. The molecule has 8 nitrogen and oxygen atoms in total. The minimum absolute atomic E-state index is 0.354. The Morgan fingerprint density at radius 3 is 2.55 bits per heavy atom. The summed E-state index contributed by atoms with van der Waals surface area (Å²) in [6, 6.07) is 19.1. The van der Waals surface area contributed by atoms with Crippen LogP contribution in [-0.4, -0.2) is 83.4 Å². The van der Waals surface area contributed by atoms with Crippen LogP contribution in [0.25, 0.3) is 22.6 Å². The van der Waals surface area contributed by atoms with Crippen molar-refractivity contribution in [2.75, 3.05) is 56.5 Å². The number of aromatic amines is 1. The number of nitrogens with zero attached hydrogens (tertiary/aromatic N) is 5. The Balaban J connectivity index is 1.27. The molecule has 0 spiro atoms. The van der Waals surface area contributed by atoms with Crippen molar-refractivity contribution in [3.63, 3.8) is 0 Å². The van der Waals surface area contributed by atoms with Gasteiger partial charge in [-0.25, -0.2) is 9.97 Å². The van der Waals surface area contributed by atoms with Gasteiger partial charge in [0.25, 0.3) is 0 Å². The van der Waals surface area contributed by atoms with E-state index in [9.17, 15) is 4.79 Å². The summed E-state index contributed by atoms with van der Waals surface area (Å²) in [5.74, 6) is 0.778. The summed E-state index contributed by atoms with van der Waals surface area (Å²) in [5, 5.41) is 3.74. The van der Waals surface area contributed by atoms with E-state index < -0.39 is 0 Å². The van der Waals surface area contributed by atoms with Crippen LogP contribution in [0.3, 0.4) is 0 Å². The average Bonchev–Trinajstić information content (AvgIpc) is 3.42. The summed E-state index contributed by atoms with van der Waals surface area (Å²) in [5.41, 5.74) is 5.88. The molecule has 0 bridgehead atoms. The van der Waals surface area contributed by atoms with Gasteiger partial charge < -0.3 is 29.8 Å². The Kier molecular flexibility index (Phi) is 9.46. The fourth-order valence-corrected chi connectivity index (χ4v) is 5.72. The smallest absolute Gasteiger partial charge is 0.159 e. The topological polar surface area (TPSA) is 80.4 Å². The third-order valence-corrected chi connectivity index (χ3v) is 8.30. The van der Waals surface area contributed by atoms with Crippen molar-refractivity contribution >= 4 is 44.8 Å². The number of halogens is 1. The number of anilines is 2. The third kappa shape index (κ3) is 6.89. The van der Waals surface area contributed by atoms with Crippen LogP contribution in [0.5, 0.6) is 0 Å². The van der Waals surface area contributed by atoms with E-state index in [1.165, 1.54) is 5.56 Å². The van der Waals surface area contributed by atoms with Gasteiger partial charge in [0.05, 0.1) is 16.7 Å². The molecule has 0 aliphatic carbocycles. The van der Waals surface area contributed by atoms with Crippen molar-refractivity contribution in [2.24, 2.45) is 0 Å².